The number of rotatable bonds is 8. The average molecular weight is 509 g/mol. The fraction of sp³-hybridized carbons (Fsp3) is 0.250. The van der Waals surface area contributed by atoms with Gasteiger partial charge in [0.05, 0.1) is 12.7 Å². The van der Waals surface area contributed by atoms with Gasteiger partial charge in [-0.05, 0) is 61.9 Å². The number of aliphatic carboxylic acids is 1. The lowest BCUT2D eigenvalue weighted by molar-refractivity contribution is -0.144. The number of ether oxygens (including phenoxy) is 2. The molecule has 37 heavy (non-hydrogen) atoms. The van der Waals surface area contributed by atoms with E-state index in [1.807, 2.05) is 18.4 Å². The molecule has 0 fully saturated rings. The normalized spacial score (nSPS) is 11.4. The summed E-state index contributed by atoms with van der Waals surface area (Å²) in [6, 6.07) is 13.6. The molecule has 0 aliphatic carbocycles. The zero-order valence-corrected chi connectivity index (χ0v) is 21.3. The Balaban J connectivity index is 0.00000186. The number of carboxylic acids is 1. The van der Waals surface area contributed by atoms with Crippen molar-refractivity contribution in [1.82, 2.24) is 9.55 Å². The van der Waals surface area contributed by atoms with Gasteiger partial charge in [-0.15, -0.1) is 0 Å². The van der Waals surface area contributed by atoms with Crippen molar-refractivity contribution < 1.29 is 33.7 Å². The molecular weight excluding hydrogens is 479 g/mol. The van der Waals surface area contributed by atoms with Crippen molar-refractivity contribution >= 4 is 22.8 Å². The lowest BCUT2D eigenvalue weighted by Gasteiger charge is -2.14. The van der Waals surface area contributed by atoms with E-state index in [2.05, 4.69) is 4.98 Å². The largest absolute Gasteiger partial charge is 0.508 e. The number of aromatic nitrogens is 2. The van der Waals surface area contributed by atoms with Crippen LogP contribution in [-0.4, -0.2) is 44.7 Å². The van der Waals surface area contributed by atoms with Crippen molar-refractivity contribution in [2.24, 2.45) is 0 Å². The molecule has 2 aromatic heterocycles. The second-order valence-electron chi connectivity index (χ2n) is 8.01. The number of carbonyl (C=O) groups excluding carboxylic acids is 1. The van der Waals surface area contributed by atoms with Crippen LogP contribution in [0.5, 0.6) is 17.4 Å². The number of fused-ring (bicyclic) bond motifs is 1. The molecule has 0 aliphatic rings. The molecule has 4 aromatic rings. The van der Waals surface area contributed by atoms with E-state index in [0.29, 0.717) is 39.3 Å². The third-order valence-electron chi connectivity index (χ3n) is 5.69. The number of carbonyl (C=O) groups is 2. The molecule has 4 rings (SSSR count). The maximum Gasteiger partial charge on any atom is 0.344 e. The number of phenols is 1. The maximum atomic E-state index is 14.3. The molecule has 9 heteroatoms. The van der Waals surface area contributed by atoms with Crippen molar-refractivity contribution in [3.63, 3.8) is 0 Å². The lowest BCUT2D eigenvalue weighted by atomic mass is 10.0. The van der Waals surface area contributed by atoms with Gasteiger partial charge in [0.1, 0.15) is 11.4 Å². The number of halogens is 1. The fourth-order valence-electron chi connectivity index (χ4n) is 3.83. The topological polar surface area (TPSA) is 111 Å². The zero-order valence-electron chi connectivity index (χ0n) is 21.3. The number of nitrogens with zero attached hydrogens (tertiary/aromatic N) is 2. The predicted octanol–water partition coefficient (Wildman–Crippen LogP) is 5.36. The molecule has 0 radical (unpaired) electrons. The summed E-state index contributed by atoms with van der Waals surface area (Å²) in [5.74, 6) is -1.90. The molecule has 2 aromatic carbocycles. The molecule has 0 saturated carbocycles. The Morgan fingerprint density at radius 1 is 1.08 bits per heavy atom. The van der Waals surface area contributed by atoms with Crippen LogP contribution in [0.2, 0.25) is 0 Å². The van der Waals surface area contributed by atoms with Gasteiger partial charge in [-0.2, -0.15) is 4.98 Å². The van der Waals surface area contributed by atoms with Crippen LogP contribution < -0.4 is 9.47 Å². The van der Waals surface area contributed by atoms with E-state index in [1.165, 1.54) is 38.3 Å². The van der Waals surface area contributed by atoms with Crippen LogP contribution in [0.15, 0.2) is 54.6 Å². The van der Waals surface area contributed by atoms with E-state index >= 15 is 0 Å². The number of methoxy groups -OCH3 is 1. The number of hydrogen-bond donors (Lipinski definition) is 2. The Hall–Kier alpha value is -4.40. The Labute approximate surface area is 213 Å². The van der Waals surface area contributed by atoms with Gasteiger partial charge in [0, 0.05) is 29.3 Å². The van der Waals surface area contributed by atoms with Gasteiger partial charge < -0.3 is 24.3 Å². The number of phenolic OH excluding ortho intramolecular Hbond substituents is 1. The first kappa shape index (κ1) is 27.2. The third-order valence-corrected chi connectivity index (χ3v) is 5.69. The van der Waals surface area contributed by atoms with E-state index in [1.54, 1.807) is 37.3 Å². The number of aromatic hydroxyl groups is 1. The molecule has 1 atom stereocenters. The monoisotopic (exact) mass is 508 g/mol. The highest BCUT2D eigenvalue weighted by atomic mass is 19.1. The first-order chi connectivity index (χ1) is 17.7. The minimum atomic E-state index is -1.23. The lowest BCUT2D eigenvalue weighted by Crippen LogP contribution is -2.23. The van der Waals surface area contributed by atoms with Gasteiger partial charge in [-0.25, -0.2) is 9.18 Å². The van der Waals surface area contributed by atoms with Crippen molar-refractivity contribution in [2.75, 3.05) is 7.11 Å². The summed E-state index contributed by atoms with van der Waals surface area (Å²) in [4.78, 5) is 29.1. The van der Waals surface area contributed by atoms with Crippen molar-refractivity contribution in [3.05, 3.63) is 82.8 Å². The second-order valence-corrected chi connectivity index (χ2v) is 8.01. The third kappa shape index (κ3) is 5.72. The first-order valence-corrected chi connectivity index (χ1v) is 11.7. The van der Waals surface area contributed by atoms with Gasteiger partial charge in [0.25, 0.3) is 0 Å². The van der Waals surface area contributed by atoms with Crippen molar-refractivity contribution in [3.8, 4) is 17.4 Å². The van der Waals surface area contributed by atoms with Gasteiger partial charge in [0.2, 0.25) is 5.88 Å². The van der Waals surface area contributed by atoms with Crippen LogP contribution in [0.25, 0.3) is 11.0 Å². The van der Waals surface area contributed by atoms with Crippen LogP contribution in [0.3, 0.4) is 0 Å². The van der Waals surface area contributed by atoms with E-state index < -0.39 is 17.9 Å². The van der Waals surface area contributed by atoms with Crippen LogP contribution in [-0.2, 0) is 11.3 Å². The molecular formula is C28H29FN2O6. The van der Waals surface area contributed by atoms with Crippen LogP contribution in [0.4, 0.5) is 4.39 Å². The highest BCUT2D eigenvalue weighted by molar-refractivity contribution is 6.17. The van der Waals surface area contributed by atoms with E-state index in [-0.39, 0.29) is 23.8 Å². The van der Waals surface area contributed by atoms with Gasteiger partial charge in [-0.1, -0.05) is 19.9 Å². The molecule has 2 N–H and O–H groups in total. The molecule has 8 nitrogen and oxygen atoms in total. The summed E-state index contributed by atoms with van der Waals surface area (Å²) in [6.07, 6.45) is -1.23. The Morgan fingerprint density at radius 2 is 1.76 bits per heavy atom. The van der Waals surface area contributed by atoms with Crippen LogP contribution >= 0.6 is 0 Å². The Kier molecular flexibility index (Phi) is 8.49. The minimum Gasteiger partial charge on any atom is -0.508 e. The zero-order chi connectivity index (χ0) is 27.3. The molecule has 0 amide bonds. The Morgan fingerprint density at radius 3 is 2.38 bits per heavy atom. The summed E-state index contributed by atoms with van der Waals surface area (Å²) >= 11 is 0. The minimum absolute atomic E-state index is 0.0543. The number of pyridine rings is 1. The van der Waals surface area contributed by atoms with Crippen LogP contribution in [0, 0.1) is 12.7 Å². The number of benzene rings is 2. The van der Waals surface area contributed by atoms with Crippen molar-refractivity contribution in [2.45, 2.75) is 40.3 Å². The molecule has 0 spiro atoms. The van der Waals surface area contributed by atoms with E-state index in [0.717, 1.165) is 0 Å². The summed E-state index contributed by atoms with van der Waals surface area (Å²) in [5, 5.41) is 19.3. The molecule has 1 unspecified atom stereocenters. The summed E-state index contributed by atoms with van der Waals surface area (Å²) < 4.78 is 26.6. The number of hydrogen-bond acceptors (Lipinski definition) is 6. The molecule has 194 valence electrons. The molecule has 0 saturated heterocycles. The second kappa shape index (κ2) is 11.6. The number of carboxylic acid groups (broad SMARTS) is 1. The standard InChI is InChI=1S/C26H23FN2O6.C2H6/c1-14-23(24(31)17-5-7-18(30)8-6-17)19-9-11-22(34-3)28-25(19)29(14)13-16-4-10-20(27)21(12-16)35-15(2)26(32)33;1-2/h4-12,15,30H,13H2,1-3H3,(H,32,33);1-2H3. The highest BCUT2D eigenvalue weighted by Gasteiger charge is 2.23. The van der Waals surface area contributed by atoms with Crippen LogP contribution in [0.1, 0.15) is 48.0 Å². The SMILES string of the molecule is CC.COc1ccc2c(C(=O)c3ccc(O)cc3)c(C)n(Cc3ccc(F)c(OC(C)C(=O)O)c3)c2n1. The smallest absolute Gasteiger partial charge is 0.344 e. The van der Waals surface area contributed by atoms with Gasteiger partial charge in [0.15, 0.2) is 23.5 Å². The van der Waals surface area contributed by atoms with Gasteiger partial charge >= 0.3 is 5.97 Å². The summed E-state index contributed by atoms with van der Waals surface area (Å²) in [5.41, 5.74) is 2.59. The summed E-state index contributed by atoms with van der Waals surface area (Å²) in [6.45, 7) is 7.31. The molecule has 2 heterocycles. The maximum absolute atomic E-state index is 14.3. The fourth-order valence-corrected chi connectivity index (χ4v) is 3.83. The number of ketones is 1. The van der Waals surface area contributed by atoms with Crippen molar-refractivity contribution in [1.29, 1.82) is 0 Å². The predicted molar refractivity (Wildman–Crippen MR) is 137 cm³/mol. The summed E-state index contributed by atoms with van der Waals surface area (Å²) in [7, 11) is 1.49. The molecule has 0 bridgehead atoms. The quantitative estimate of drug-likeness (QED) is 0.309. The first-order valence-electron chi connectivity index (χ1n) is 11.7. The van der Waals surface area contributed by atoms with Gasteiger partial charge in [-0.3, -0.25) is 4.79 Å². The molecule has 0 aliphatic heterocycles. The highest BCUT2D eigenvalue weighted by Crippen LogP contribution is 2.31. The van der Waals surface area contributed by atoms with E-state index in [9.17, 15) is 19.1 Å². The average Bonchev–Trinajstić information content (AvgIpc) is 3.17. The van der Waals surface area contributed by atoms with E-state index in [4.69, 9.17) is 14.6 Å². The Bertz CT molecular complexity index is 1430.